The highest BCUT2D eigenvalue weighted by molar-refractivity contribution is 6.30. The molecule has 1 heterocycles. The molecule has 0 saturated carbocycles. The van der Waals surface area contributed by atoms with Crippen LogP contribution in [0.2, 0.25) is 5.02 Å². The van der Waals surface area contributed by atoms with Crippen LogP contribution in [0.3, 0.4) is 0 Å². The Bertz CT molecular complexity index is 798. The number of rotatable bonds is 5. The van der Waals surface area contributed by atoms with Gasteiger partial charge in [-0.15, -0.1) is 0 Å². The predicted octanol–water partition coefficient (Wildman–Crippen LogP) is 3.60. The van der Waals surface area contributed by atoms with Crippen LogP contribution in [0, 0.1) is 5.82 Å². The standard InChI is InChI=1S/C19H21ClFN3O2/c1-2-22-19(23-9-13-4-3-5-16(20)6-13)24-10-14-7-17(21)8-15-11-25-12-26-18(14)15/h3-8H,2,9-12H2,1H3,(H2,22,23,24). The fraction of sp³-hybridized carbons (Fsp3) is 0.316. The van der Waals surface area contributed by atoms with E-state index in [4.69, 9.17) is 21.1 Å². The minimum Gasteiger partial charge on any atom is -0.467 e. The summed E-state index contributed by atoms with van der Waals surface area (Å²) >= 11 is 6.01. The second-order valence-corrected chi connectivity index (χ2v) is 6.28. The molecule has 0 aromatic heterocycles. The van der Waals surface area contributed by atoms with Gasteiger partial charge in [-0.25, -0.2) is 9.38 Å². The van der Waals surface area contributed by atoms with Crippen LogP contribution in [0.5, 0.6) is 5.75 Å². The molecule has 26 heavy (non-hydrogen) atoms. The summed E-state index contributed by atoms with van der Waals surface area (Å²) in [6.07, 6.45) is 0. The van der Waals surface area contributed by atoms with Crippen molar-refractivity contribution in [3.8, 4) is 5.75 Å². The minimum absolute atomic E-state index is 0.175. The normalized spacial score (nSPS) is 13.7. The summed E-state index contributed by atoms with van der Waals surface area (Å²) in [5.41, 5.74) is 2.46. The lowest BCUT2D eigenvalue weighted by Gasteiger charge is -2.21. The maximum atomic E-state index is 13.8. The van der Waals surface area contributed by atoms with Crippen LogP contribution >= 0.6 is 11.6 Å². The van der Waals surface area contributed by atoms with Crippen molar-refractivity contribution in [1.82, 2.24) is 10.6 Å². The van der Waals surface area contributed by atoms with Crippen molar-refractivity contribution in [2.45, 2.75) is 26.6 Å². The lowest BCUT2D eigenvalue weighted by Crippen LogP contribution is -2.37. The van der Waals surface area contributed by atoms with E-state index in [2.05, 4.69) is 15.6 Å². The van der Waals surface area contributed by atoms with E-state index in [0.29, 0.717) is 48.5 Å². The topological polar surface area (TPSA) is 54.9 Å². The Hall–Kier alpha value is -2.31. The predicted molar refractivity (Wildman–Crippen MR) is 99.8 cm³/mol. The number of benzene rings is 2. The number of fused-ring (bicyclic) bond motifs is 1. The molecule has 1 aliphatic heterocycles. The van der Waals surface area contributed by atoms with Crippen molar-refractivity contribution in [2.24, 2.45) is 4.99 Å². The number of nitrogens with one attached hydrogen (secondary N) is 2. The van der Waals surface area contributed by atoms with Crippen LogP contribution in [0.15, 0.2) is 41.4 Å². The van der Waals surface area contributed by atoms with E-state index < -0.39 is 0 Å². The molecular formula is C19H21ClFN3O2. The van der Waals surface area contributed by atoms with E-state index in [9.17, 15) is 4.39 Å². The van der Waals surface area contributed by atoms with Crippen molar-refractivity contribution >= 4 is 17.6 Å². The fourth-order valence-corrected chi connectivity index (χ4v) is 2.93. The number of guanidine groups is 1. The van der Waals surface area contributed by atoms with Gasteiger partial charge in [-0.3, -0.25) is 0 Å². The monoisotopic (exact) mass is 377 g/mol. The Morgan fingerprint density at radius 2 is 2.15 bits per heavy atom. The van der Waals surface area contributed by atoms with Crippen LogP contribution in [-0.4, -0.2) is 19.3 Å². The summed E-state index contributed by atoms with van der Waals surface area (Å²) in [6.45, 7) is 4.11. The minimum atomic E-state index is -0.310. The van der Waals surface area contributed by atoms with Crippen LogP contribution in [0.1, 0.15) is 23.6 Å². The highest BCUT2D eigenvalue weighted by atomic mass is 35.5. The summed E-state index contributed by atoms with van der Waals surface area (Å²) in [4.78, 5) is 4.55. The third-order valence-electron chi connectivity index (χ3n) is 3.85. The van der Waals surface area contributed by atoms with Gasteiger partial charge in [-0.2, -0.15) is 0 Å². The molecule has 7 heteroatoms. The molecule has 2 aromatic carbocycles. The highest BCUT2D eigenvalue weighted by Gasteiger charge is 2.17. The Morgan fingerprint density at radius 3 is 2.96 bits per heavy atom. The van der Waals surface area contributed by atoms with Crippen molar-refractivity contribution in [2.75, 3.05) is 13.3 Å². The van der Waals surface area contributed by atoms with Gasteiger partial charge < -0.3 is 20.1 Å². The maximum absolute atomic E-state index is 13.8. The van der Waals surface area contributed by atoms with Crippen molar-refractivity contribution in [1.29, 1.82) is 0 Å². The number of hydrogen-bond donors (Lipinski definition) is 2. The van der Waals surface area contributed by atoms with Crippen molar-refractivity contribution < 1.29 is 13.9 Å². The fourth-order valence-electron chi connectivity index (χ4n) is 2.71. The van der Waals surface area contributed by atoms with E-state index >= 15 is 0 Å². The molecule has 0 bridgehead atoms. The molecule has 0 amide bonds. The SMILES string of the molecule is CCNC(=NCc1cccc(Cl)c1)NCc1cc(F)cc2c1OCOC2. The number of ether oxygens (including phenoxy) is 2. The Labute approximate surface area is 157 Å². The molecule has 5 nitrogen and oxygen atoms in total. The van der Waals surface area contributed by atoms with E-state index in [1.165, 1.54) is 12.1 Å². The van der Waals surface area contributed by atoms with Gasteiger partial charge in [-0.1, -0.05) is 23.7 Å². The van der Waals surface area contributed by atoms with Gasteiger partial charge >= 0.3 is 0 Å². The van der Waals surface area contributed by atoms with E-state index in [-0.39, 0.29) is 12.6 Å². The van der Waals surface area contributed by atoms with Gasteiger partial charge in [0.15, 0.2) is 12.8 Å². The van der Waals surface area contributed by atoms with Crippen LogP contribution in [-0.2, 0) is 24.4 Å². The smallest absolute Gasteiger partial charge is 0.191 e. The number of hydrogen-bond acceptors (Lipinski definition) is 3. The average Bonchev–Trinajstić information content (AvgIpc) is 2.63. The molecule has 2 aromatic rings. The number of nitrogens with zero attached hydrogens (tertiary/aromatic N) is 1. The van der Waals surface area contributed by atoms with E-state index in [1.54, 1.807) is 0 Å². The molecule has 138 valence electrons. The zero-order valence-electron chi connectivity index (χ0n) is 14.5. The second-order valence-electron chi connectivity index (χ2n) is 5.84. The maximum Gasteiger partial charge on any atom is 0.191 e. The Balaban J connectivity index is 1.71. The zero-order valence-corrected chi connectivity index (χ0v) is 15.3. The van der Waals surface area contributed by atoms with Crippen molar-refractivity contribution in [3.05, 3.63) is 63.9 Å². The highest BCUT2D eigenvalue weighted by Crippen LogP contribution is 2.29. The van der Waals surface area contributed by atoms with E-state index in [0.717, 1.165) is 11.1 Å². The third-order valence-corrected chi connectivity index (χ3v) is 4.09. The van der Waals surface area contributed by atoms with Crippen LogP contribution in [0.4, 0.5) is 4.39 Å². The first-order valence-electron chi connectivity index (χ1n) is 8.44. The molecule has 2 N–H and O–H groups in total. The van der Waals surface area contributed by atoms with E-state index in [1.807, 2.05) is 31.2 Å². The third kappa shape index (κ3) is 4.86. The van der Waals surface area contributed by atoms with Crippen LogP contribution in [0.25, 0.3) is 0 Å². The molecule has 0 radical (unpaired) electrons. The quantitative estimate of drug-likeness (QED) is 0.617. The van der Waals surface area contributed by atoms with Gasteiger partial charge in [0.2, 0.25) is 0 Å². The van der Waals surface area contributed by atoms with Gasteiger partial charge in [0.05, 0.1) is 13.2 Å². The first-order chi connectivity index (χ1) is 12.7. The Kier molecular flexibility index (Phi) is 6.30. The summed E-state index contributed by atoms with van der Waals surface area (Å²) in [5.74, 6) is 1.00. The van der Waals surface area contributed by atoms with Gasteiger partial charge in [-0.05, 0) is 36.8 Å². The molecule has 0 saturated heterocycles. The second kappa shape index (κ2) is 8.87. The number of aliphatic imine (C=N–C) groups is 1. The van der Waals surface area contributed by atoms with Crippen LogP contribution < -0.4 is 15.4 Å². The van der Waals surface area contributed by atoms with Crippen molar-refractivity contribution in [3.63, 3.8) is 0 Å². The molecular weight excluding hydrogens is 357 g/mol. The zero-order chi connectivity index (χ0) is 18.4. The summed E-state index contributed by atoms with van der Waals surface area (Å²) in [5, 5.41) is 7.08. The first kappa shape index (κ1) is 18.5. The molecule has 0 aliphatic carbocycles. The number of halogens is 2. The largest absolute Gasteiger partial charge is 0.467 e. The summed E-state index contributed by atoms with van der Waals surface area (Å²) < 4.78 is 24.6. The molecule has 3 rings (SSSR count). The van der Waals surface area contributed by atoms with Gasteiger partial charge in [0, 0.05) is 29.2 Å². The molecule has 0 spiro atoms. The van der Waals surface area contributed by atoms with Gasteiger partial charge in [0.25, 0.3) is 0 Å². The summed E-state index contributed by atoms with van der Waals surface area (Å²) in [6, 6.07) is 10.5. The lowest BCUT2D eigenvalue weighted by molar-refractivity contribution is -0.0172. The average molecular weight is 378 g/mol. The molecule has 0 unspecified atom stereocenters. The lowest BCUT2D eigenvalue weighted by atomic mass is 10.1. The molecule has 1 aliphatic rings. The Morgan fingerprint density at radius 1 is 1.27 bits per heavy atom. The molecule has 0 fully saturated rings. The first-order valence-corrected chi connectivity index (χ1v) is 8.82. The summed E-state index contributed by atoms with van der Waals surface area (Å²) in [7, 11) is 0. The van der Waals surface area contributed by atoms with Gasteiger partial charge in [0.1, 0.15) is 11.6 Å². The molecule has 0 atom stereocenters.